The second-order valence-corrected chi connectivity index (χ2v) is 13.3. The van der Waals surface area contributed by atoms with Crippen molar-refractivity contribution >= 4 is 10.0 Å². The third kappa shape index (κ3) is 4.71. The number of nitrogens with two attached hydrogens (primary N) is 1. The van der Waals surface area contributed by atoms with E-state index in [1.807, 2.05) is 0 Å². The lowest BCUT2D eigenvalue weighted by molar-refractivity contribution is 0.471. The van der Waals surface area contributed by atoms with Crippen molar-refractivity contribution in [2.75, 3.05) is 12.5 Å². The van der Waals surface area contributed by atoms with E-state index in [1.54, 1.807) is 0 Å². The van der Waals surface area contributed by atoms with E-state index in [4.69, 9.17) is 5.73 Å². The highest BCUT2D eigenvalue weighted by molar-refractivity contribution is 8.34. The molecule has 0 aromatic rings. The van der Waals surface area contributed by atoms with E-state index in [-0.39, 0.29) is 10.3 Å². The molecule has 1 aliphatic heterocycles. The molecule has 23 heavy (non-hydrogen) atoms. The molecule has 0 saturated heterocycles. The lowest BCUT2D eigenvalue weighted by atomic mass is 9.87. The molecule has 3 N–H and O–H groups in total. The Morgan fingerprint density at radius 3 is 2.30 bits per heavy atom. The second kappa shape index (κ2) is 6.83. The molecule has 0 amide bonds. The van der Waals surface area contributed by atoms with Gasteiger partial charge in [0.15, 0.2) is 0 Å². The first-order chi connectivity index (χ1) is 10.3. The molecule has 0 spiro atoms. The number of nitrogens with one attached hydrogen (secondary N) is 1. The lowest BCUT2D eigenvalue weighted by Gasteiger charge is -2.51. The van der Waals surface area contributed by atoms with Crippen LogP contribution in [0.4, 0.5) is 0 Å². The van der Waals surface area contributed by atoms with Gasteiger partial charge in [-0.05, 0) is 55.3 Å². The molecule has 1 unspecified atom stereocenters. The summed E-state index contributed by atoms with van der Waals surface area (Å²) in [5, 5.41) is 3.89. The maximum absolute atomic E-state index is 6.09. The molecule has 0 radical (unpaired) electrons. The van der Waals surface area contributed by atoms with Crippen LogP contribution < -0.4 is 11.1 Å². The van der Waals surface area contributed by atoms with Crippen molar-refractivity contribution in [2.45, 2.75) is 69.9 Å². The summed E-state index contributed by atoms with van der Waals surface area (Å²) in [6.07, 6.45) is 11.3. The minimum atomic E-state index is -0.837. The molecule has 1 rings (SSSR count). The van der Waals surface area contributed by atoms with Crippen molar-refractivity contribution in [1.82, 2.24) is 5.32 Å². The van der Waals surface area contributed by atoms with Crippen molar-refractivity contribution in [1.29, 1.82) is 0 Å². The van der Waals surface area contributed by atoms with E-state index >= 15 is 0 Å². The molecular formula is C20H36N2S. The summed E-state index contributed by atoms with van der Waals surface area (Å²) in [6.45, 7) is 17.4. The Bertz CT molecular complexity index is 553. The number of rotatable bonds is 6. The lowest BCUT2D eigenvalue weighted by Crippen LogP contribution is -2.45. The predicted octanol–water partition coefficient (Wildman–Crippen LogP) is 4.84. The van der Waals surface area contributed by atoms with Gasteiger partial charge in [-0.2, -0.15) is 0 Å². The van der Waals surface area contributed by atoms with Crippen LogP contribution in [0.5, 0.6) is 0 Å². The first kappa shape index (κ1) is 20.0. The topological polar surface area (TPSA) is 38.0 Å². The van der Waals surface area contributed by atoms with E-state index in [0.29, 0.717) is 5.25 Å². The van der Waals surface area contributed by atoms with Crippen LogP contribution in [0.1, 0.15) is 54.4 Å². The van der Waals surface area contributed by atoms with Gasteiger partial charge >= 0.3 is 0 Å². The van der Waals surface area contributed by atoms with Gasteiger partial charge in [-0.1, -0.05) is 39.0 Å². The van der Waals surface area contributed by atoms with Gasteiger partial charge in [0, 0.05) is 12.6 Å². The summed E-state index contributed by atoms with van der Waals surface area (Å²) in [7, 11) is -0.837. The summed E-state index contributed by atoms with van der Waals surface area (Å²) < 4.78 is 0.288. The van der Waals surface area contributed by atoms with Crippen LogP contribution in [0.2, 0.25) is 0 Å². The maximum Gasteiger partial charge on any atom is 0.0577 e. The largest absolute Gasteiger partial charge is 0.396 e. The Morgan fingerprint density at radius 1 is 1.39 bits per heavy atom. The fourth-order valence-corrected chi connectivity index (χ4v) is 4.93. The fourth-order valence-electron chi connectivity index (χ4n) is 2.66. The molecule has 1 atom stereocenters. The zero-order chi connectivity index (χ0) is 18.1. The van der Waals surface area contributed by atoms with E-state index in [9.17, 15) is 0 Å². The van der Waals surface area contributed by atoms with Crippen molar-refractivity contribution in [2.24, 2.45) is 5.73 Å². The molecule has 0 bridgehead atoms. The minimum absolute atomic E-state index is 0.100. The van der Waals surface area contributed by atoms with Gasteiger partial charge in [-0.15, -0.1) is 5.73 Å². The molecule has 0 aromatic heterocycles. The normalized spacial score (nSPS) is 19.8. The average molecular weight is 337 g/mol. The quantitative estimate of drug-likeness (QED) is 0.681. The van der Waals surface area contributed by atoms with Gasteiger partial charge in [0.2, 0.25) is 0 Å². The Kier molecular flexibility index (Phi) is 5.93. The minimum Gasteiger partial charge on any atom is -0.396 e. The van der Waals surface area contributed by atoms with Crippen LogP contribution in [-0.2, 0) is 0 Å². The van der Waals surface area contributed by atoms with Crippen LogP contribution in [-0.4, -0.2) is 28.0 Å². The summed E-state index contributed by atoms with van der Waals surface area (Å²) in [5.74, 6) is 0. The molecule has 0 aromatic carbocycles. The standard InChI is InChI=1S/C20H36N2S/c1-10-17(21)13-18(23(8,9)19(3,4)5)12-15(2)11-16-14-22-20(16,6)7/h11,14,18,22H,1,12-13,21H2,2-9H3/b15-11+. The van der Waals surface area contributed by atoms with Crippen LogP contribution in [0.3, 0.4) is 0 Å². The monoisotopic (exact) mass is 336 g/mol. The fraction of sp³-hybridized carbons (Fsp3) is 0.650. The molecule has 3 heteroatoms. The van der Waals surface area contributed by atoms with Gasteiger partial charge in [0.05, 0.1) is 11.2 Å². The molecule has 1 heterocycles. The first-order valence-corrected chi connectivity index (χ1v) is 10.8. The van der Waals surface area contributed by atoms with Crippen LogP contribution in [0.15, 0.2) is 41.4 Å². The highest BCUT2D eigenvalue weighted by atomic mass is 32.3. The molecular weight excluding hydrogens is 300 g/mol. The predicted molar refractivity (Wildman–Crippen MR) is 108 cm³/mol. The highest BCUT2D eigenvalue weighted by Gasteiger charge is 2.36. The van der Waals surface area contributed by atoms with Gasteiger partial charge in [-0.3, -0.25) is 0 Å². The van der Waals surface area contributed by atoms with Crippen LogP contribution >= 0.6 is 10.0 Å². The molecule has 1 aliphatic rings. The number of hydrogen-bond donors (Lipinski definition) is 2. The zero-order valence-corrected chi connectivity index (χ0v) is 17.2. The van der Waals surface area contributed by atoms with Gasteiger partial charge in [-0.25, -0.2) is 10.0 Å². The molecule has 0 saturated carbocycles. The van der Waals surface area contributed by atoms with E-state index < -0.39 is 10.0 Å². The van der Waals surface area contributed by atoms with E-state index in [2.05, 4.69) is 84.0 Å². The van der Waals surface area contributed by atoms with Crippen molar-refractivity contribution in [3.8, 4) is 0 Å². The van der Waals surface area contributed by atoms with Gasteiger partial charge in [0.25, 0.3) is 0 Å². The molecule has 132 valence electrons. The average Bonchev–Trinajstić information content (AvgIpc) is 2.41. The third-order valence-corrected chi connectivity index (χ3v) is 10.5. The van der Waals surface area contributed by atoms with Crippen molar-refractivity contribution in [3.05, 3.63) is 41.4 Å². The van der Waals surface area contributed by atoms with Gasteiger partial charge in [0.1, 0.15) is 0 Å². The Morgan fingerprint density at radius 2 is 1.96 bits per heavy atom. The van der Waals surface area contributed by atoms with Crippen LogP contribution in [0, 0.1) is 0 Å². The molecule has 2 nitrogen and oxygen atoms in total. The van der Waals surface area contributed by atoms with Crippen molar-refractivity contribution in [3.63, 3.8) is 0 Å². The first-order valence-electron chi connectivity index (χ1n) is 8.33. The highest BCUT2D eigenvalue weighted by Crippen LogP contribution is 2.59. The van der Waals surface area contributed by atoms with E-state index in [0.717, 1.165) is 18.5 Å². The zero-order valence-electron chi connectivity index (χ0n) is 16.3. The Hall–Kier alpha value is -1.05. The summed E-state index contributed by atoms with van der Waals surface area (Å²) in [6, 6.07) is 0. The Balaban J connectivity index is 3.02. The third-order valence-electron chi connectivity index (χ3n) is 5.35. The smallest absolute Gasteiger partial charge is 0.0577 e. The second-order valence-electron chi connectivity index (χ2n) is 8.61. The number of allylic oxidation sites excluding steroid dienone is 2. The molecule has 0 fully saturated rings. The number of hydrogen-bond acceptors (Lipinski definition) is 2. The molecule has 0 aliphatic carbocycles. The van der Waals surface area contributed by atoms with E-state index in [1.165, 1.54) is 11.1 Å². The summed E-state index contributed by atoms with van der Waals surface area (Å²) in [5.41, 5.74) is 12.7. The summed E-state index contributed by atoms with van der Waals surface area (Å²) in [4.78, 5) is 0. The maximum atomic E-state index is 6.09. The van der Waals surface area contributed by atoms with Crippen molar-refractivity contribution < 1.29 is 0 Å². The Labute approximate surface area is 145 Å². The van der Waals surface area contributed by atoms with Crippen LogP contribution in [0.25, 0.3) is 0 Å². The summed E-state index contributed by atoms with van der Waals surface area (Å²) >= 11 is 0. The SMILES string of the molecule is C=C=C(N)CC(C/C(C)=C/C1=CNC1(C)C)S(C)(C)C(C)(C)C. The van der Waals surface area contributed by atoms with Gasteiger partial charge < -0.3 is 11.1 Å².